The summed E-state index contributed by atoms with van der Waals surface area (Å²) < 4.78 is 3.81. The molecule has 2 heterocycles. The normalized spacial score (nSPS) is 25.3. The van der Waals surface area contributed by atoms with Gasteiger partial charge in [0, 0.05) is 17.3 Å². The molecular weight excluding hydrogens is 196 g/mol. The molecule has 0 N–H and O–H groups in total. The van der Waals surface area contributed by atoms with Gasteiger partial charge in [-0.1, -0.05) is 4.49 Å². The minimum atomic E-state index is 0.605. The predicted molar refractivity (Wildman–Crippen MR) is 51.3 cm³/mol. The van der Waals surface area contributed by atoms with Gasteiger partial charge in [-0.3, -0.25) is 0 Å². The second-order valence-corrected chi connectivity index (χ2v) is 5.43. The van der Waals surface area contributed by atoms with E-state index in [4.69, 9.17) is 0 Å². The van der Waals surface area contributed by atoms with Crippen LogP contribution in [0.4, 0.5) is 0 Å². The Bertz CT molecular complexity index is 206. The Morgan fingerprint density at radius 2 is 2.45 bits per heavy atom. The van der Waals surface area contributed by atoms with Crippen LogP contribution in [0.1, 0.15) is 10.1 Å². The van der Waals surface area contributed by atoms with Gasteiger partial charge in [-0.25, -0.2) is 0 Å². The molecule has 1 aromatic heterocycles. The van der Waals surface area contributed by atoms with Gasteiger partial charge < -0.3 is 0 Å². The van der Waals surface area contributed by atoms with Gasteiger partial charge in [0.25, 0.3) is 0 Å². The fourth-order valence-electron chi connectivity index (χ4n) is 0.924. The van der Waals surface area contributed by atoms with Crippen LogP contribution in [0, 0.1) is 6.20 Å². The number of hydrogen-bond donors (Lipinski definition) is 0. The van der Waals surface area contributed by atoms with E-state index in [1.54, 1.807) is 0 Å². The van der Waals surface area contributed by atoms with Gasteiger partial charge in [-0.15, -0.1) is 5.10 Å². The molecule has 1 atom stereocenters. The van der Waals surface area contributed by atoms with Crippen molar-refractivity contribution in [1.29, 1.82) is 0 Å². The molecule has 1 radical (unpaired) electrons. The third-order valence-corrected chi connectivity index (χ3v) is 5.11. The molecule has 1 aliphatic rings. The Morgan fingerprint density at radius 3 is 3.09 bits per heavy atom. The highest BCUT2D eigenvalue weighted by Gasteiger charge is 2.18. The summed E-state index contributed by atoms with van der Waals surface area (Å²) in [4.78, 5) is 1.21. The van der Waals surface area contributed by atoms with Gasteiger partial charge in [0.2, 0.25) is 0 Å². The third-order valence-electron chi connectivity index (χ3n) is 1.45. The van der Waals surface area contributed by atoms with E-state index < -0.39 is 0 Å². The molecule has 59 valence electrons. The van der Waals surface area contributed by atoms with Gasteiger partial charge in [-0.2, -0.15) is 23.5 Å². The molecule has 0 spiro atoms. The van der Waals surface area contributed by atoms with Crippen LogP contribution >= 0.6 is 35.1 Å². The number of thioether (sulfide) groups is 2. The smallest absolute Gasteiger partial charge is 0.131 e. The Hall–Kier alpha value is 0.260. The van der Waals surface area contributed by atoms with Crippen molar-refractivity contribution >= 4 is 35.1 Å². The van der Waals surface area contributed by atoms with Crippen molar-refractivity contribution in [2.45, 2.75) is 5.25 Å². The zero-order valence-electron chi connectivity index (χ0n) is 5.82. The van der Waals surface area contributed by atoms with E-state index in [0.717, 1.165) is 0 Å². The first kappa shape index (κ1) is 7.89. The standard InChI is InChI=1S/C6H7N2S3/c1-2-10-6(4-9-1)5-3-7-8-11-5/h6H,1-2,4H2. The third kappa shape index (κ3) is 1.89. The summed E-state index contributed by atoms with van der Waals surface area (Å²) in [5.41, 5.74) is 0. The largest absolute Gasteiger partial charge is 0.160 e. The molecule has 0 saturated carbocycles. The summed E-state index contributed by atoms with van der Waals surface area (Å²) in [6.45, 7) is 0. The van der Waals surface area contributed by atoms with Crippen LogP contribution in [0.3, 0.4) is 0 Å². The minimum Gasteiger partial charge on any atom is -0.160 e. The van der Waals surface area contributed by atoms with E-state index in [9.17, 15) is 0 Å². The second-order valence-electron chi connectivity index (χ2n) is 2.18. The number of aromatic nitrogens is 2. The first-order valence-electron chi connectivity index (χ1n) is 3.36. The van der Waals surface area contributed by atoms with Crippen LogP contribution in [-0.2, 0) is 0 Å². The first-order valence-corrected chi connectivity index (χ1v) is 6.34. The van der Waals surface area contributed by atoms with E-state index in [2.05, 4.69) is 15.8 Å². The molecule has 1 fully saturated rings. The summed E-state index contributed by atoms with van der Waals surface area (Å²) in [5.74, 6) is 3.74. The maximum atomic E-state index is 3.81. The zero-order chi connectivity index (χ0) is 7.52. The zero-order valence-corrected chi connectivity index (χ0v) is 8.27. The molecule has 2 rings (SSSR count). The van der Waals surface area contributed by atoms with Gasteiger partial charge in [0.1, 0.15) is 6.20 Å². The highest BCUT2D eigenvalue weighted by molar-refractivity contribution is 8.06. The molecule has 2 nitrogen and oxygen atoms in total. The summed E-state index contributed by atoms with van der Waals surface area (Å²) >= 11 is 5.49. The Balaban J connectivity index is 2.04. The lowest BCUT2D eigenvalue weighted by molar-refractivity contribution is 1.09. The number of hydrogen-bond acceptors (Lipinski definition) is 5. The lowest BCUT2D eigenvalue weighted by Gasteiger charge is -2.17. The van der Waals surface area contributed by atoms with E-state index >= 15 is 0 Å². The van der Waals surface area contributed by atoms with Crippen molar-refractivity contribution in [3.05, 3.63) is 11.1 Å². The van der Waals surface area contributed by atoms with E-state index in [-0.39, 0.29) is 0 Å². The Morgan fingerprint density at radius 1 is 1.45 bits per heavy atom. The maximum absolute atomic E-state index is 3.81. The van der Waals surface area contributed by atoms with E-state index in [1.807, 2.05) is 23.5 Å². The lowest BCUT2D eigenvalue weighted by Crippen LogP contribution is -2.04. The monoisotopic (exact) mass is 203 g/mol. The van der Waals surface area contributed by atoms with Gasteiger partial charge in [0.05, 0.1) is 10.1 Å². The highest BCUT2D eigenvalue weighted by atomic mass is 32.2. The summed E-state index contributed by atoms with van der Waals surface area (Å²) in [6, 6.07) is 0. The molecule has 1 aliphatic heterocycles. The highest BCUT2D eigenvalue weighted by Crippen LogP contribution is 2.37. The van der Waals surface area contributed by atoms with Crippen molar-refractivity contribution in [3.63, 3.8) is 0 Å². The maximum Gasteiger partial charge on any atom is 0.131 e. The van der Waals surface area contributed by atoms with Gasteiger partial charge >= 0.3 is 0 Å². The molecule has 0 aromatic carbocycles. The molecular formula is C6H7N2S3. The number of rotatable bonds is 1. The van der Waals surface area contributed by atoms with Crippen molar-refractivity contribution in [1.82, 2.24) is 9.59 Å². The minimum absolute atomic E-state index is 0.605. The number of nitrogens with zero attached hydrogens (tertiary/aromatic N) is 2. The predicted octanol–water partition coefficient (Wildman–Crippen LogP) is 1.86. The summed E-state index contributed by atoms with van der Waals surface area (Å²) in [6.07, 6.45) is 2.93. The fourth-order valence-corrected chi connectivity index (χ4v) is 4.38. The van der Waals surface area contributed by atoms with Gasteiger partial charge in [-0.05, 0) is 11.5 Å². The molecule has 1 unspecified atom stereocenters. The summed E-state index contributed by atoms with van der Waals surface area (Å²) in [7, 11) is 0. The lowest BCUT2D eigenvalue weighted by atomic mass is 10.4. The fraction of sp³-hybridized carbons (Fsp3) is 0.667. The van der Waals surface area contributed by atoms with Crippen molar-refractivity contribution in [2.24, 2.45) is 0 Å². The van der Waals surface area contributed by atoms with Crippen molar-refractivity contribution in [2.75, 3.05) is 17.3 Å². The molecule has 1 saturated heterocycles. The van der Waals surface area contributed by atoms with Crippen molar-refractivity contribution < 1.29 is 0 Å². The van der Waals surface area contributed by atoms with Crippen LogP contribution in [0.15, 0.2) is 0 Å². The molecule has 5 heteroatoms. The molecule has 1 aromatic rings. The Labute approximate surface area is 78.3 Å². The average molecular weight is 203 g/mol. The van der Waals surface area contributed by atoms with Crippen LogP contribution < -0.4 is 0 Å². The van der Waals surface area contributed by atoms with Crippen LogP contribution in [0.2, 0.25) is 0 Å². The van der Waals surface area contributed by atoms with Crippen LogP contribution in [0.5, 0.6) is 0 Å². The Kier molecular flexibility index (Phi) is 2.71. The first-order chi connectivity index (χ1) is 5.47. The van der Waals surface area contributed by atoms with Crippen LogP contribution in [0.25, 0.3) is 0 Å². The van der Waals surface area contributed by atoms with Crippen molar-refractivity contribution in [3.8, 4) is 0 Å². The molecule has 11 heavy (non-hydrogen) atoms. The molecule has 0 aliphatic carbocycles. The van der Waals surface area contributed by atoms with Crippen LogP contribution in [-0.4, -0.2) is 26.8 Å². The summed E-state index contributed by atoms with van der Waals surface area (Å²) in [5, 5.41) is 4.32. The second kappa shape index (κ2) is 3.78. The van der Waals surface area contributed by atoms with E-state index in [1.165, 1.54) is 33.7 Å². The topological polar surface area (TPSA) is 25.8 Å². The molecule has 0 bridgehead atoms. The molecule has 0 amide bonds. The average Bonchev–Trinajstić information content (AvgIpc) is 2.58. The van der Waals surface area contributed by atoms with Gasteiger partial charge in [0.15, 0.2) is 0 Å². The quantitative estimate of drug-likeness (QED) is 0.696. The SMILES string of the molecule is [c]1nnsc1C1CSCCS1. The van der Waals surface area contributed by atoms with E-state index in [0.29, 0.717) is 5.25 Å².